The minimum atomic E-state index is 0.478. The topological polar surface area (TPSA) is 54.7 Å². The Balaban J connectivity index is 2.34. The van der Waals surface area contributed by atoms with Crippen LogP contribution in [0.5, 0.6) is 0 Å². The van der Waals surface area contributed by atoms with Crippen LogP contribution in [0.4, 0.5) is 0 Å². The third-order valence-corrected chi connectivity index (χ3v) is 4.01. The average Bonchev–Trinajstić information content (AvgIpc) is 2.59. The number of fused-ring (bicyclic) bond motifs is 1. The van der Waals surface area contributed by atoms with Crippen molar-refractivity contribution in [3.8, 4) is 0 Å². The number of hydrogen-bond acceptors (Lipinski definition) is 6. The molecule has 1 aromatic heterocycles. The number of nitrogens with zero attached hydrogens (tertiary/aromatic N) is 3. The van der Waals surface area contributed by atoms with Crippen LogP contribution in [0.2, 0.25) is 0 Å². The Morgan fingerprint density at radius 1 is 1.62 bits per heavy atom. The molecular formula is C10H11N3OS2. The van der Waals surface area contributed by atoms with E-state index in [9.17, 15) is 4.79 Å². The van der Waals surface area contributed by atoms with Gasteiger partial charge in [0.15, 0.2) is 4.34 Å². The summed E-state index contributed by atoms with van der Waals surface area (Å²) in [5.41, 5.74) is 0. The number of hydrogen-bond donors (Lipinski definition) is 0. The number of amidine groups is 1. The second-order valence-electron chi connectivity index (χ2n) is 3.15. The molecule has 0 radical (unpaired) electrons. The molecule has 0 aromatic carbocycles. The molecule has 0 amide bonds. The highest BCUT2D eigenvalue weighted by atomic mass is 32.2. The van der Waals surface area contributed by atoms with E-state index >= 15 is 0 Å². The molecule has 0 unspecified atom stereocenters. The first-order valence-electron chi connectivity index (χ1n) is 4.90. The lowest BCUT2D eigenvalue weighted by molar-refractivity contribution is -0.107. The predicted octanol–water partition coefficient (Wildman–Crippen LogP) is 0.656. The molecule has 0 N–H and O–H groups in total. The van der Waals surface area contributed by atoms with Crippen LogP contribution in [0, 0.1) is 0 Å². The molecule has 0 aliphatic carbocycles. The molecule has 0 spiro atoms. The second-order valence-corrected chi connectivity index (χ2v) is 5.18. The van der Waals surface area contributed by atoms with Crippen molar-refractivity contribution in [1.82, 2.24) is 4.98 Å². The van der Waals surface area contributed by atoms with Gasteiger partial charge in [-0.05, 0) is 12.3 Å². The van der Waals surface area contributed by atoms with E-state index in [4.69, 9.17) is 0 Å². The summed E-state index contributed by atoms with van der Waals surface area (Å²) in [6.07, 6.45) is 5.96. The summed E-state index contributed by atoms with van der Waals surface area (Å²) in [5, 5.41) is 0.916. The smallest absolute Gasteiger partial charge is 0.152 e. The standard InChI is InChI=1S/C10H11N3OS2/c1-15-10-12-7-4-5-11-8(3-2-6-14)13-9(7)16-10/h4,6H,2-3,5H2,1H3. The van der Waals surface area contributed by atoms with Crippen molar-refractivity contribution in [2.45, 2.75) is 17.2 Å². The van der Waals surface area contributed by atoms with Gasteiger partial charge in [0.2, 0.25) is 0 Å². The van der Waals surface area contributed by atoms with Crippen molar-refractivity contribution in [2.75, 3.05) is 12.8 Å². The lowest BCUT2D eigenvalue weighted by Crippen LogP contribution is -2.21. The van der Waals surface area contributed by atoms with E-state index in [2.05, 4.69) is 15.0 Å². The Hall–Kier alpha value is -1.01. The summed E-state index contributed by atoms with van der Waals surface area (Å²) >= 11 is 3.19. The highest BCUT2D eigenvalue weighted by Crippen LogP contribution is 2.11. The number of rotatable bonds is 4. The first kappa shape index (κ1) is 11.5. The highest BCUT2D eigenvalue weighted by Gasteiger charge is 2.04. The monoisotopic (exact) mass is 253 g/mol. The van der Waals surface area contributed by atoms with E-state index in [-0.39, 0.29) is 0 Å². The number of aliphatic imine (C=N–C) groups is 1. The molecule has 0 saturated heterocycles. The fourth-order valence-electron chi connectivity index (χ4n) is 1.32. The van der Waals surface area contributed by atoms with Crippen LogP contribution in [0.25, 0.3) is 6.08 Å². The van der Waals surface area contributed by atoms with Crippen molar-refractivity contribution < 1.29 is 4.79 Å². The Morgan fingerprint density at radius 3 is 3.25 bits per heavy atom. The van der Waals surface area contributed by atoms with E-state index in [1.54, 1.807) is 23.1 Å². The van der Waals surface area contributed by atoms with Crippen molar-refractivity contribution in [1.29, 1.82) is 0 Å². The lowest BCUT2D eigenvalue weighted by Gasteiger charge is -1.93. The normalized spacial score (nSPS) is 14.2. The van der Waals surface area contributed by atoms with E-state index in [1.807, 2.05) is 12.3 Å². The summed E-state index contributed by atoms with van der Waals surface area (Å²) in [6.45, 7) is 0.599. The lowest BCUT2D eigenvalue weighted by atomic mass is 10.3. The fourth-order valence-corrected chi connectivity index (χ4v) is 2.77. The SMILES string of the molecule is CSc1nc2c(s1)=NC(CCC=O)=NCC=2. The summed E-state index contributed by atoms with van der Waals surface area (Å²) in [6, 6.07) is 0. The quantitative estimate of drug-likeness (QED) is 0.585. The van der Waals surface area contributed by atoms with Gasteiger partial charge >= 0.3 is 0 Å². The van der Waals surface area contributed by atoms with Gasteiger partial charge in [-0.25, -0.2) is 9.98 Å². The van der Waals surface area contributed by atoms with E-state index in [0.717, 1.165) is 26.5 Å². The van der Waals surface area contributed by atoms with Gasteiger partial charge in [-0.3, -0.25) is 4.99 Å². The maximum Gasteiger partial charge on any atom is 0.152 e. The minimum Gasteiger partial charge on any atom is -0.303 e. The predicted molar refractivity (Wildman–Crippen MR) is 66.7 cm³/mol. The Bertz CT molecular complexity index is 533. The van der Waals surface area contributed by atoms with Gasteiger partial charge in [0, 0.05) is 12.8 Å². The zero-order valence-corrected chi connectivity index (χ0v) is 10.5. The third-order valence-electron chi connectivity index (χ3n) is 2.06. The summed E-state index contributed by atoms with van der Waals surface area (Å²) in [4.78, 5) is 23.5. The van der Waals surface area contributed by atoms with Crippen molar-refractivity contribution in [3.63, 3.8) is 0 Å². The molecular weight excluding hydrogens is 242 g/mol. The molecule has 2 rings (SSSR count). The molecule has 0 atom stereocenters. The van der Waals surface area contributed by atoms with E-state index in [1.165, 1.54) is 0 Å². The molecule has 4 nitrogen and oxygen atoms in total. The number of carbonyl (C=O) groups excluding carboxylic acids is 1. The van der Waals surface area contributed by atoms with Crippen LogP contribution >= 0.6 is 23.1 Å². The van der Waals surface area contributed by atoms with Crippen LogP contribution in [0.1, 0.15) is 12.8 Å². The minimum absolute atomic E-state index is 0.478. The second kappa shape index (κ2) is 5.36. The molecule has 1 aromatic rings. The van der Waals surface area contributed by atoms with Gasteiger partial charge in [0.25, 0.3) is 0 Å². The van der Waals surface area contributed by atoms with Gasteiger partial charge in [-0.2, -0.15) is 0 Å². The van der Waals surface area contributed by atoms with Gasteiger partial charge < -0.3 is 4.79 Å². The Labute approximate surface area is 101 Å². The number of aldehydes is 1. The molecule has 0 bridgehead atoms. The van der Waals surface area contributed by atoms with Crippen molar-refractivity contribution >= 4 is 41.3 Å². The molecule has 0 fully saturated rings. The third kappa shape index (κ3) is 2.56. The van der Waals surface area contributed by atoms with Crippen LogP contribution in [-0.4, -0.2) is 29.9 Å². The number of carbonyl (C=O) groups is 1. The fraction of sp³-hybridized carbons (Fsp3) is 0.400. The molecule has 6 heteroatoms. The summed E-state index contributed by atoms with van der Waals surface area (Å²) < 4.78 is 1.92. The van der Waals surface area contributed by atoms with Crippen LogP contribution in [0.3, 0.4) is 0 Å². The number of aromatic nitrogens is 1. The van der Waals surface area contributed by atoms with Crippen LogP contribution in [0.15, 0.2) is 14.3 Å². The highest BCUT2D eigenvalue weighted by molar-refractivity contribution is 8.00. The molecule has 16 heavy (non-hydrogen) atoms. The first-order valence-corrected chi connectivity index (χ1v) is 6.94. The summed E-state index contributed by atoms with van der Waals surface area (Å²) in [5.74, 6) is 0.749. The zero-order valence-electron chi connectivity index (χ0n) is 8.84. The number of thiazole rings is 1. The Kier molecular flexibility index (Phi) is 3.84. The molecule has 1 aliphatic heterocycles. The van der Waals surface area contributed by atoms with Crippen LogP contribution < -0.4 is 10.0 Å². The first-order chi connectivity index (χ1) is 7.83. The van der Waals surface area contributed by atoms with Gasteiger partial charge in [0.1, 0.15) is 16.8 Å². The summed E-state index contributed by atoms with van der Waals surface area (Å²) in [7, 11) is 0. The van der Waals surface area contributed by atoms with Gasteiger partial charge in [0.05, 0.1) is 11.9 Å². The van der Waals surface area contributed by atoms with Gasteiger partial charge in [-0.15, -0.1) is 0 Å². The maximum absolute atomic E-state index is 10.3. The Morgan fingerprint density at radius 2 is 2.50 bits per heavy atom. The molecule has 0 saturated carbocycles. The van der Waals surface area contributed by atoms with E-state index < -0.39 is 0 Å². The van der Waals surface area contributed by atoms with Crippen molar-refractivity contribution in [2.24, 2.45) is 9.98 Å². The molecule has 84 valence electrons. The van der Waals surface area contributed by atoms with Gasteiger partial charge in [-0.1, -0.05) is 23.1 Å². The van der Waals surface area contributed by atoms with Crippen LogP contribution in [-0.2, 0) is 4.79 Å². The molecule has 1 aliphatic rings. The number of thioether (sulfide) groups is 1. The largest absolute Gasteiger partial charge is 0.303 e. The average molecular weight is 253 g/mol. The molecule has 2 heterocycles. The maximum atomic E-state index is 10.3. The zero-order chi connectivity index (χ0) is 11.4. The van der Waals surface area contributed by atoms with E-state index in [0.29, 0.717) is 19.4 Å². The van der Waals surface area contributed by atoms with Crippen molar-refractivity contribution in [3.05, 3.63) is 10.0 Å².